The van der Waals surface area contributed by atoms with Crippen LogP contribution in [0.3, 0.4) is 0 Å². The SMILES string of the molecule is C=C1CN(C)C[C@@]23NCC[C@@]12c1cc(C)cc(C)c1N3. The Kier molecular flexibility index (Phi) is 2.27. The highest BCUT2D eigenvalue weighted by Gasteiger charge is 2.64. The highest BCUT2D eigenvalue weighted by Crippen LogP contribution is 2.57. The minimum atomic E-state index is -0.0576. The van der Waals surface area contributed by atoms with E-state index < -0.39 is 0 Å². The Morgan fingerprint density at radius 1 is 1.30 bits per heavy atom. The van der Waals surface area contributed by atoms with Crippen LogP contribution in [0.2, 0.25) is 0 Å². The molecule has 0 radical (unpaired) electrons. The van der Waals surface area contributed by atoms with Crippen molar-refractivity contribution in [2.45, 2.75) is 31.3 Å². The molecule has 0 aromatic heterocycles. The Hall–Kier alpha value is -1.32. The van der Waals surface area contributed by atoms with Crippen molar-refractivity contribution in [3.63, 3.8) is 0 Å². The summed E-state index contributed by atoms with van der Waals surface area (Å²) in [7, 11) is 2.19. The van der Waals surface area contributed by atoms with E-state index in [1.807, 2.05) is 0 Å². The van der Waals surface area contributed by atoms with Crippen molar-refractivity contribution in [2.24, 2.45) is 0 Å². The first-order valence-corrected chi connectivity index (χ1v) is 7.50. The fraction of sp³-hybridized carbons (Fsp3) is 0.529. The van der Waals surface area contributed by atoms with Crippen molar-refractivity contribution < 1.29 is 0 Å². The van der Waals surface area contributed by atoms with Gasteiger partial charge >= 0.3 is 0 Å². The van der Waals surface area contributed by atoms with Crippen LogP contribution in [-0.2, 0) is 5.41 Å². The minimum absolute atomic E-state index is 0.0576. The third-order valence-electron chi connectivity index (χ3n) is 5.50. The van der Waals surface area contributed by atoms with E-state index >= 15 is 0 Å². The van der Waals surface area contributed by atoms with E-state index in [2.05, 4.69) is 55.1 Å². The van der Waals surface area contributed by atoms with Gasteiger partial charge in [-0.15, -0.1) is 0 Å². The molecular formula is C17H23N3. The summed E-state index contributed by atoms with van der Waals surface area (Å²) in [6.45, 7) is 12.0. The summed E-state index contributed by atoms with van der Waals surface area (Å²) in [6.07, 6.45) is 1.16. The Morgan fingerprint density at radius 2 is 2.10 bits per heavy atom. The molecule has 0 amide bonds. The number of hydrogen-bond donors (Lipinski definition) is 2. The van der Waals surface area contributed by atoms with Gasteiger partial charge in [0.25, 0.3) is 0 Å². The Bertz CT molecular complexity index is 621. The number of hydrogen-bond acceptors (Lipinski definition) is 3. The zero-order valence-electron chi connectivity index (χ0n) is 12.6. The molecule has 0 saturated carbocycles. The molecule has 2 fully saturated rings. The first-order chi connectivity index (χ1) is 9.48. The smallest absolute Gasteiger partial charge is 0.115 e. The number of piperidine rings is 1. The summed E-state index contributed by atoms with van der Waals surface area (Å²) in [4.78, 5) is 2.37. The quantitative estimate of drug-likeness (QED) is 0.707. The minimum Gasteiger partial charge on any atom is -0.365 e. The van der Waals surface area contributed by atoms with Gasteiger partial charge in [-0.1, -0.05) is 24.3 Å². The lowest BCUT2D eigenvalue weighted by Gasteiger charge is -2.49. The third-order valence-corrected chi connectivity index (χ3v) is 5.50. The van der Waals surface area contributed by atoms with Crippen LogP contribution in [-0.4, -0.2) is 37.2 Å². The van der Waals surface area contributed by atoms with Crippen LogP contribution >= 0.6 is 0 Å². The molecule has 1 aromatic rings. The van der Waals surface area contributed by atoms with Crippen LogP contribution in [0.25, 0.3) is 0 Å². The fourth-order valence-electron chi connectivity index (χ4n) is 4.85. The van der Waals surface area contributed by atoms with Crippen LogP contribution in [0.1, 0.15) is 23.1 Å². The van der Waals surface area contributed by atoms with Gasteiger partial charge in [0.2, 0.25) is 0 Å². The maximum atomic E-state index is 4.47. The summed E-state index contributed by atoms with van der Waals surface area (Å²) >= 11 is 0. The largest absolute Gasteiger partial charge is 0.365 e. The van der Waals surface area contributed by atoms with Crippen molar-refractivity contribution in [1.82, 2.24) is 10.2 Å². The second-order valence-electron chi connectivity index (χ2n) is 6.89. The van der Waals surface area contributed by atoms with Gasteiger partial charge in [-0.05, 0) is 50.6 Å². The second-order valence-corrected chi connectivity index (χ2v) is 6.89. The van der Waals surface area contributed by atoms with Gasteiger partial charge in [0.1, 0.15) is 5.66 Å². The summed E-state index contributed by atoms with van der Waals surface area (Å²) in [5.41, 5.74) is 6.88. The van der Waals surface area contributed by atoms with E-state index in [0.29, 0.717) is 0 Å². The summed E-state index contributed by atoms with van der Waals surface area (Å²) in [5, 5.41) is 7.61. The molecule has 106 valence electrons. The molecule has 0 aliphatic carbocycles. The Labute approximate surface area is 121 Å². The van der Waals surface area contributed by atoms with Crippen LogP contribution in [0.5, 0.6) is 0 Å². The highest BCUT2D eigenvalue weighted by molar-refractivity contribution is 5.73. The molecule has 0 spiro atoms. The van der Waals surface area contributed by atoms with Gasteiger partial charge in [-0.3, -0.25) is 10.2 Å². The van der Waals surface area contributed by atoms with Gasteiger partial charge < -0.3 is 5.32 Å². The molecule has 0 bridgehead atoms. The lowest BCUT2D eigenvalue weighted by Crippen LogP contribution is -2.66. The normalized spacial score (nSPS) is 35.5. The standard InChI is InChI=1S/C17H23N3/c1-11-7-12(2)15-14(8-11)16-5-6-18-17(16,19-15)10-20(4)9-13(16)3/h7-8,18-19H,3,5-6,9-10H2,1-2,4H3/t16-,17-/m0/s1. The number of likely N-dealkylation sites (N-methyl/N-ethyl adjacent to an activating group) is 1. The maximum absolute atomic E-state index is 4.47. The first-order valence-electron chi connectivity index (χ1n) is 7.50. The van der Waals surface area contributed by atoms with Crippen LogP contribution < -0.4 is 10.6 Å². The molecule has 4 rings (SSSR count). The van der Waals surface area contributed by atoms with E-state index in [-0.39, 0.29) is 11.1 Å². The number of fused-ring (bicyclic) bond motifs is 1. The number of aryl methyl sites for hydroxylation is 2. The molecule has 3 heteroatoms. The number of rotatable bonds is 0. The van der Waals surface area contributed by atoms with E-state index in [4.69, 9.17) is 0 Å². The molecule has 2 saturated heterocycles. The molecule has 0 unspecified atom stereocenters. The molecule has 3 nitrogen and oxygen atoms in total. The highest BCUT2D eigenvalue weighted by atomic mass is 15.3. The maximum Gasteiger partial charge on any atom is 0.115 e. The van der Waals surface area contributed by atoms with Gasteiger partial charge in [0.05, 0.1) is 5.41 Å². The zero-order valence-corrected chi connectivity index (χ0v) is 12.6. The number of likely N-dealkylation sites (tertiary alicyclic amines) is 1. The first kappa shape index (κ1) is 12.4. The predicted molar refractivity (Wildman–Crippen MR) is 83.2 cm³/mol. The van der Waals surface area contributed by atoms with Crippen molar-refractivity contribution in [1.29, 1.82) is 0 Å². The molecule has 2 N–H and O–H groups in total. The summed E-state index contributed by atoms with van der Waals surface area (Å²) in [5.74, 6) is 0. The third kappa shape index (κ3) is 1.23. The lowest BCUT2D eigenvalue weighted by molar-refractivity contribution is 0.168. The average molecular weight is 269 g/mol. The van der Waals surface area contributed by atoms with Crippen molar-refractivity contribution in [3.8, 4) is 0 Å². The predicted octanol–water partition coefficient (Wildman–Crippen LogP) is 2.16. The van der Waals surface area contributed by atoms with Gasteiger partial charge in [0, 0.05) is 18.8 Å². The summed E-state index contributed by atoms with van der Waals surface area (Å²) in [6, 6.07) is 4.65. The lowest BCUT2D eigenvalue weighted by atomic mass is 9.65. The number of nitrogens with one attached hydrogen (secondary N) is 2. The number of anilines is 1. The number of nitrogens with zero attached hydrogens (tertiary/aromatic N) is 1. The van der Waals surface area contributed by atoms with Gasteiger partial charge in [0.15, 0.2) is 0 Å². The van der Waals surface area contributed by atoms with Crippen molar-refractivity contribution >= 4 is 5.69 Å². The van der Waals surface area contributed by atoms with E-state index in [0.717, 1.165) is 26.1 Å². The molecule has 2 atom stereocenters. The van der Waals surface area contributed by atoms with Crippen LogP contribution in [0.15, 0.2) is 24.3 Å². The van der Waals surface area contributed by atoms with Gasteiger partial charge in [-0.2, -0.15) is 0 Å². The Morgan fingerprint density at radius 3 is 2.90 bits per heavy atom. The fourth-order valence-corrected chi connectivity index (χ4v) is 4.85. The van der Waals surface area contributed by atoms with Gasteiger partial charge in [-0.25, -0.2) is 0 Å². The van der Waals surface area contributed by atoms with E-state index in [9.17, 15) is 0 Å². The average Bonchev–Trinajstić information content (AvgIpc) is 2.83. The van der Waals surface area contributed by atoms with Crippen molar-refractivity contribution in [2.75, 3.05) is 32.0 Å². The molecular weight excluding hydrogens is 246 g/mol. The second kappa shape index (κ2) is 3.66. The van der Waals surface area contributed by atoms with Crippen LogP contribution in [0, 0.1) is 13.8 Å². The van der Waals surface area contributed by atoms with Crippen LogP contribution in [0.4, 0.5) is 5.69 Å². The molecule has 20 heavy (non-hydrogen) atoms. The summed E-state index contributed by atoms with van der Waals surface area (Å²) < 4.78 is 0. The number of benzene rings is 1. The van der Waals surface area contributed by atoms with E-state index in [1.165, 1.54) is 28.0 Å². The molecule has 3 heterocycles. The monoisotopic (exact) mass is 269 g/mol. The molecule has 1 aromatic carbocycles. The van der Waals surface area contributed by atoms with E-state index in [1.54, 1.807) is 0 Å². The molecule has 3 aliphatic rings. The topological polar surface area (TPSA) is 27.3 Å². The zero-order chi connectivity index (χ0) is 14.1. The van der Waals surface area contributed by atoms with Crippen molar-refractivity contribution in [3.05, 3.63) is 41.0 Å². The molecule has 3 aliphatic heterocycles. The Balaban J connectivity index is 2.00.